The zero-order valence-electron chi connectivity index (χ0n) is 9.34. The summed E-state index contributed by atoms with van der Waals surface area (Å²) in [5, 5.41) is 0. The third-order valence-corrected chi connectivity index (χ3v) is 2.82. The Balaban J connectivity index is 2.73. The van der Waals surface area contributed by atoms with Gasteiger partial charge in [0.15, 0.2) is 4.77 Å². The molecule has 0 amide bonds. The van der Waals surface area contributed by atoms with Crippen molar-refractivity contribution >= 4 is 12.2 Å². The van der Waals surface area contributed by atoms with Crippen LogP contribution in [0.25, 0.3) is 0 Å². The van der Waals surface area contributed by atoms with Crippen LogP contribution in [0.3, 0.4) is 0 Å². The van der Waals surface area contributed by atoms with Gasteiger partial charge in [-0.25, -0.2) is 0 Å². The van der Waals surface area contributed by atoms with Crippen LogP contribution in [0, 0.1) is 4.77 Å². The lowest BCUT2D eigenvalue weighted by molar-refractivity contribution is 0.567. The maximum absolute atomic E-state index is 5.25. The zero-order valence-corrected chi connectivity index (χ0v) is 10.2. The van der Waals surface area contributed by atoms with E-state index in [9.17, 15) is 0 Å². The predicted molar refractivity (Wildman–Crippen MR) is 63.2 cm³/mol. The quantitative estimate of drug-likeness (QED) is 0.580. The summed E-state index contributed by atoms with van der Waals surface area (Å²) in [5.74, 6) is 0.546. The highest BCUT2D eigenvalue weighted by Crippen LogP contribution is 2.15. The van der Waals surface area contributed by atoms with E-state index in [-0.39, 0.29) is 0 Å². The van der Waals surface area contributed by atoms with E-state index < -0.39 is 0 Å². The third-order valence-electron chi connectivity index (χ3n) is 2.48. The minimum absolute atomic E-state index is 0.546. The fourth-order valence-electron chi connectivity index (χ4n) is 1.64. The van der Waals surface area contributed by atoms with Crippen molar-refractivity contribution in [3.63, 3.8) is 0 Å². The Kier molecular flexibility index (Phi) is 4.39. The maximum atomic E-state index is 5.25. The maximum Gasteiger partial charge on any atom is 0.177 e. The molecule has 0 aliphatic rings. The number of nitrogens with zero attached hydrogens (tertiary/aromatic N) is 1. The Morgan fingerprint density at radius 1 is 1.43 bits per heavy atom. The monoisotopic (exact) mass is 212 g/mol. The average Bonchev–Trinajstić information content (AvgIpc) is 2.48. The molecule has 0 radical (unpaired) electrons. The summed E-state index contributed by atoms with van der Waals surface area (Å²) < 4.78 is 3.10. The Hall–Kier alpha value is -0.570. The first-order chi connectivity index (χ1) is 6.66. The van der Waals surface area contributed by atoms with Gasteiger partial charge in [-0.1, -0.05) is 33.6 Å². The Bertz CT molecular complexity index is 322. The van der Waals surface area contributed by atoms with Gasteiger partial charge >= 0.3 is 0 Å². The average molecular weight is 212 g/mol. The molecule has 0 spiro atoms. The molecule has 0 unspecified atom stereocenters. The summed E-state index contributed by atoms with van der Waals surface area (Å²) in [7, 11) is 0. The lowest BCUT2D eigenvalue weighted by Crippen LogP contribution is -2.04. The van der Waals surface area contributed by atoms with Gasteiger partial charge < -0.3 is 9.55 Å². The van der Waals surface area contributed by atoms with Crippen LogP contribution in [-0.2, 0) is 6.54 Å². The number of hydrogen-bond acceptors (Lipinski definition) is 1. The first kappa shape index (κ1) is 11.5. The molecule has 0 aliphatic heterocycles. The molecular weight excluding hydrogens is 192 g/mol. The SMILES string of the molecule is CCCCCn1c(C(C)C)c[nH]c1=S. The Morgan fingerprint density at radius 3 is 2.71 bits per heavy atom. The minimum Gasteiger partial charge on any atom is -0.337 e. The van der Waals surface area contributed by atoms with E-state index in [0.717, 1.165) is 11.3 Å². The fraction of sp³-hybridized carbons (Fsp3) is 0.727. The van der Waals surface area contributed by atoms with Crippen molar-refractivity contribution in [3.05, 3.63) is 16.7 Å². The number of imidazole rings is 1. The number of rotatable bonds is 5. The van der Waals surface area contributed by atoms with Crippen LogP contribution in [0.1, 0.15) is 51.6 Å². The van der Waals surface area contributed by atoms with Gasteiger partial charge in [0.25, 0.3) is 0 Å². The highest BCUT2D eigenvalue weighted by Gasteiger charge is 2.06. The molecule has 0 bridgehead atoms. The van der Waals surface area contributed by atoms with Gasteiger partial charge in [-0.2, -0.15) is 0 Å². The summed E-state index contributed by atoms with van der Waals surface area (Å²) in [6, 6.07) is 0. The molecule has 1 aromatic rings. The molecule has 1 rings (SSSR count). The number of unbranched alkanes of at least 4 members (excludes halogenated alkanes) is 2. The van der Waals surface area contributed by atoms with E-state index in [1.807, 2.05) is 6.20 Å². The molecule has 14 heavy (non-hydrogen) atoms. The van der Waals surface area contributed by atoms with Crippen LogP contribution < -0.4 is 0 Å². The van der Waals surface area contributed by atoms with Crippen LogP contribution in [0.15, 0.2) is 6.20 Å². The largest absolute Gasteiger partial charge is 0.337 e. The number of H-pyrrole nitrogens is 1. The van der Waals surface area contributed by atoms with Gasteiger partial charge in [-0.3, -0.25) is 0 Å². The lowest BCUT2D eigenvalue weighted by atomic mass is 10.1. The number of aromatic amines is 1. The Morgan fingerprint density at radius 2 is 2.14 bits per heavy atom. The first-order valence-corrected chi connectivity index (χ1v) is 5.85. The van der Waals surface area contributed by atoms with E-state index in [4.69, 9.17) is 12.2 Å². The van der Waals surface area contributed by atoms with Gasteiger partial charge in [-0.15, -0.1) is 0 Å². The van der Waals surface area contributed by atoms with Crippen molar-refractivity contribution < 1.29 is 0 Å². The number of nitrogens with one attached hydrogen (secondary N) is 1. The highest BCUT2D eigenvalue weighted by molar-refractivity contribution is 7.71. The highest BCUT2D eigenvalue weighted by atomic mass is 32.1. The van der Waals surface area contributed by atoms with E-state index in [2.05, 4.69) is 30.3 Å². The summed E-state index contributed by atoms with van der Waals surface area (Å²) in [6.45, 7) is 7.69. The second-order valence-electron chi connectivity index (χ2n) is 4.03. The minimum atomic E-state index is 0.546. The molecule has 1 N–H and O–H groups in total. The van der Waals surface area contributed by atoms with E-state index in [0.29, 0.717) is 5.92 Å². The van der Waals surface area contributed by atoms with E-state index in [1.54, 1.807) is 0 Å². The molecule has 0 saturated carbocycles. The number of hydrogen-bond donors (Lipinski definition) is 1. The van der Waals surface area contributed by atoms with Crippen molar-refractivity contribution in [2.75, 3.05) is 0 Å². The normalized spacial score (nSPS) is 11.1. The van der Waals surface area contributed by atoms with Gasteiger partial charge in [0, 0.05) is 18.4 Å². The second kappa shape index (κ2) is 5.35. The molecule has 80 valence electrons. The van der Waals surface area contributed by atoms with Crippen LogP contribution >= 0.6 is 12.2 Å². The topological polar surface area (TPSA) is 20.7 Å². The van der Waals surface area contributed by atoms with Crippen molar-refractivity contribution in [2.45, 2.75) is 52.5 Å². The lowest BCUT2D eigenvalue weighted by Gasteiger charge is -2.10. The van der Waals surface area contributed by atoms with E-state index in [1.165, 1.54) is 25.0 Å². The van der Waals surface area contributed by atoms with Gasteiger partial charge in [-0.05, 0) is 24.6 Å². The first-order valence-electron chi connectivity index (χ1n) is 5.45. The fourth-order valence-corrected chi connectivity index (χ4v) is 1.89. The second-order valence-corrected chi connectivity index (χ2v) is 4.42. The molecule has 1 heterocycles. The van der Waals surface area contributed by atoms with Gasteiger partial charge in [0.2, 0.25) is 0 Å². The predicted octanol–water partition coefficient (Wildman–Crippen LogP) is 3.86. The molecule has 0 fully saturated rings. The molecule has 1 aromatic heterocycles. The standard InChI is InChI=1S/C11H20N2S/c1-4-5-6-7-13-10(9(2)3)8-12-11(13)14/h8-9H,4-7H2,1-3H3,(H,12,14). The van der Waals surface area contributed by atoms with Crippen molar-refractivity contribution in [1.29, 1.82) is 0 Å². The number of aromatic nitrogens is 2. The summed E-state index contributed by atoms with van der Waals surface area (Å²) in [6.07, 6.45) is 5.81. The summed E-state index contributed by atoms with van der Waals surface area (Å²) in [5.41, 5.74) is 1.33. The Labute approximate surface area is 91.3 Å². The molecule has 0 aromatic carbocycles. The molecular formula is C11H20N2S. The molecule has 0 aliphatic carbocycles. The van der Waals surface area contributed by atoms with Crippen molar-refractivity contribution in [3.8, 4) is 0 Å². The van der Waals surface area contributed by atoms with Crippen LogP contribution in [-0.4, -0.2) is 9.55 Å². The third kappa shape index (κ3) is 2.71. The van der Waals surface area contributed by atoms with E-state index >= 15 is 0 Å². The van der Waals surface area contributed by atoms with Gasteiger partial charge in [0.1, 0.15) is 0 Å². The smallest absolute Gasteiger partial charge is 0.177 e. The van der Waals surface area contributed by atoms with Crippen molar-refractivity contribution in [1.82, 2.24) is 9.55 Å². The van der Waals surface area contributed by atoms with Crippen molar-refractivity contribution in [2.24, 2.45) is 0 Å². The summed E-state index contributed by atoms with van der Waals surface area (Å²) in [4.78, 5) is 3.12. The van der Waals surface area contributed by atoms with Crippen LogP contribution in [0.2, 0.25) is 0 Å². The molecule has 2 nitrogen and oxygen atoms in total. The van der Waals surface area contributed by atoms with Gasteiger partial charge in [0.05, 0.1) is 0 Å². The zero-order chi connectivity index (χ0) is 10.6. The van der Waals surface area contributed by atoms with Crippen LogP contribution in [0.5, 0.6) is 0 Å². The van der Waals surface area contributed by atoms with Crippen LogP contribution in [0.4, 0.5) is 0 Å². The summed E-state index contributed by atoms with van der Waals surface area (Å²) >= 11 is 5.25. The molecule has 0 saturated heterocycles. The molecule has 3 heteroatoms. The molecule has 0 atom stereocenters.